The van der Waals surface area contributed by atoms with Gasteiger partial charge in [-0.05, 0) is 241 Å². The van der Waals surface area contributed by atoms with Gasteiger partial charge in [0.2, 0.25) is 0 Å². The molecular weight excluding hydrogens is 1650 g/mol. The van der Waals surface area contributed by atoms with Crippen molar-refractivity contribution in [2.45, 2.75) is 41.0 Å². The zero-order valence-electron chi connectivity index (χ0n) is 75.9. The number of rotatable bonds is 17. The van der Waals surface area contributed by atoms with Gasteiger partial charge in [-0.3, -0.25) is 0 Å². The maximum Gasteiger partial charge on any atom is 0.160 e. The monoisotopic (exact) mass is 1740 g/mol. The average molecular weight is 1740 g/mol. The lowest BCUT2D eigenvalue weighted by Gasteiger charge is -2.18. The Balaban J connectivity index is 0.600. The van der Waals surface area contributed by atoms with Crippen molar-refractivity contribution in [2.24, 2.45) is 0 Å². The lowest BCUT2D eigenvalue weighted by Crippen LogP contribution is -2.01. The van der Waals surface area contributed by atoms with Gasteiger partial charge in [0.15, 0.2) is 11.6 Å². The molecule has 642 valence electrons. The summed E-state index contributed by atoms with van der Waals surface area (Å²) in [5, 5.41) is 9.58. The van der Waals surface area contributed by atoms with Crippen LogP contribution in [-0.2, 0) is 6.42 Å². The minimum absolute atomic E-state index is 0.649. The van der Waals surface area contributed by atoms with Crippen LogP contribution in [0.1, 0.15) is 38.9 Å². The molecule has 0 amide bonds. The molecule has 6 heterocycles. The van der Waals surface area contributed by atoms with Crippen LogP contribution in [0.3, 0.4) is 0 Å². The Hall–Kier alpha value is -17.5. The number of hydrogen-bond donors (Lipinski definition) is 0. The Morgan fingerprint density at radius 1 is 0.176 bits per heavy atom. The van der Waals surface area contributed by atoms with Crippen LogP contribution in [0.25, 0.3) is 233 Å². The van der Waals surface area contributed by atoms with Crippen molar-refractivity contribution >= 4 is 87.2 Å². The largest absolute Gasteiger partial charge is 0.309 e. The van der Waals surface area contributed by atoms with E-state index in [0.29, 0.717) is 18.1 Å². The van der Waals surface area contributed by atoms with E-state index in [4.69, 9.17) is 19.9 Å². The topological polar surface area (TPSA) is 71.3 Å². The Bertz CT molecular complexity index is 8870. The molecule has 0 aliphatic carbocycles. The van der Waals surface area contributed by atoms with E-state index in [1.807, 2.05) is 6.07 Å². The molecule has 8 heteroatoms. The van der Waals surface area contributed by atoms with Gasteiger partial charge in [0.1, 0.15) is 0 Å². The smallest absolute Gasteiger partial charge is 0.160 e. The van der Waals surface area contributed by atoms with E-state index in [1.165, 1.54) is 104 Å². The summed E-state index contributed by atoms with van der Waals surface area (Å²) in [6, 6.07) is 162. The minimum Gasteiger partial charge on any atom is -0.309 e. The predicted molar refractivity (Wildman–Crippen MR) is 568 cm³/mol. The summed E-state index contributed by atoms with van der Waals surface area (Å²) in [7, 11) is 0. The summed E-state index contributed by atoms with van der Waals surface area (Å²) < 4.78 is 9.81. The number of benzene rings is 19. The molecule has 0 aliphatic heterocycles. The number of hydrogen-bond acceptors (Lipinski definition) is 4. The molecule has 25 aromatic rings. The van der Waals surface area contributed by atoms with Crippen LogP contribution in [-0.4, -0.2) is 38.2 Å². The number of fused-ring (bicyclic) bond motifs is 12. The number of aryl methyl sites for hydroxylation is 5. The highest BCUT2D eigenvalue weighted by Crippen LogP contribution is 2.47. The third-order valence-electron chi connectivity index (χ3n) is 27.6. The number of para-hydroxylation sites is 5. The van der Waals surface area contributed by atoms with Crippen LogP contribution in [0.2, 0.25) is 0 Å². The van der Waals surface area contributed by atoms with E-state index in [9.17, 15) is 0 Å². The SMILES string of the molecule is Cc1cc(Cc2cccc(-c3cc(-c4ccc(-n5c6ccc(-c7ccc(C)cc7C)cc6c6cc(-c7ccc(C)cc7C)ccc65)c(-c5cccc(-n6c7ccccc7c7ccccc76)c5)c4)nc(-c4ccccc4)n3)c2)cc(-c2ccc3c(c2)c2ccccc2n3-c2ccc(-c3cc(-c4ccccc4)nc(-c4ccccc4)n3)cc2-c2cccc(-n3c4ccccc4c4ccccc43)c2)c1. The first-order valence-electron chi connectivity index (χ1n) is 46.8. The van der Waals surface area contributed by atoms with Crippen molar-refractivity contribution in [3.05, 3.63) is 482 Å². The fourth-order valence-electron chi connectivity index (χ4n) is 21.3. The number of aromatic nitrogens is 8. The summed E-state index contributed by atoms with van der Waals surface area (Å²) >= 11 is 0. The molecular formula is C128H90N8. The van der Waals surface area contributed by atoms with Gasteiger partial charge in [0, 0.05) is 99.0 Å². The van der Waals surface area contributed by atoms with Gasteiger partial charge in [-0.15, -0.1) is 0 Å². The van der Waals surface area contributed by atoms with Crippen molar-refractivity contribution in [1.29, 1.82) is 0 Å². The highest BCUT2D eigenvalue weighted by atomic mass is 15.0. The van der Waals surface area contributed by atoms with Gasteiger partial charge in [-0.2, -0.15) is 0 Å². The third kappa shape index (κ3) is 14.2. The maximum atomic E-state index is 5.59. The van der Waals surface area contributed by atoms with Crippen LogP contribution in [0.5, 0.6) is 0 Å². The van der Waals surface area contributed by atoms with Gasteiger partial charge in [0.25, 0.3) is 0 Å². The molecule has 0 unspecified atom stereocenters. The first-order valence-corrected chi connectivity index (χ1v) is 46.8. The summed E-state index contributed by atoms with van der Waals surface area (Å²) in [5.41, 5.74) is 42.5. The molecule has 6 aromatic heterocycles. The highest BCUT2D eigenvalue weighted by Gasteiger charge is 2.26. The lowest BCUT2D eigenvalue weighted by atomic mass is 9.95. The zero-order chi connectivity index (χ0) is 90.8. The van der Waals surface area contributed by atoms with Crippen LogP contribution in [0, 0.1) is 34.6 Å². The standard InChI is InChI=1S/C128H90N8/c1-80-50-57-101(83(4)64-80)93-53-60-125-111(74-93)112-75-94(102-58-51-81(2)65-84(102)5)54-61-126(112)136(125)123-63-56-97(77-109(123)92-36-27-39-100(72-92)134-119-47-22-17-42-105(119)106-43-18-23-48-120(106)134)116-79-114(130-128(132-116)89-33-13-8-14-34-89)95-37-25-28-85(69-95)68-86-66-82(3)67-98(70-86)90-52-59-124-110(73-90)107-44-19-24-49-121(107)135(124)122-62-55-96(115-78-113(87-29-9-6-10-30-87)129-127(131-115)88-31-11-7-12-32-88)76-108(122)91-35-26-38-99(71-91)133-117-45-20-15-40-103(117)104-41-16-21-46-118(104)133/h6-67,69-79H,68H2,1-5H3. The summed E-state index contributed by atoms with van der Waals surface area (Å²) in [6.07, 6.45) is 0.696. The normalized spacial score (nSPS) is 11.7. The molecule has 0 bridgehead atoms. The lowest BCUT2D eigenvalue weighted by molar-refractivity contribution is 1.16. The van der Waals surface area contributed by atoms with Crippen molar-refractivity contribution in [3.8, 4) is 146 Å². The zero-order valence-corrected chi connectivity index (χ0v) is 75.9. The first-order chi connectivity index (χ1) is 66.9. The summed E-state index contributed by atoms with van der Waals surface area (Å²) in [4.78, 5) is 21.7. The van der Waals surface area contributed by atoms with Crippen LogP contribution < -0.4 is 0 Å². The van der Waals surface area contributed by atoms with Gasteiger partial charge in [0.05, 0.1) is 78.3 Å². The quantitative estimate of drug-likeness (QED) is 0.0911. The van der Waals surface area contributed by atoms with Crippen molar-refractivity contribution in [3.63, 3.8) is 0 Å². The van der Waals surface area contributed by atoms with Crippen LogP contribution in [0.4, 0.5) is 0 Å². The number of nitrogens with zero attached hydrogens (tertiary/aromatic N) is 8. The van der Waals surface area contributed by atoms with E-state index in [0.717, 1.165) is 156 Å². The van der Waals surface area contributed by atoms with E-state index >= 15 is 0 Å². The van der Waals surface area contributed by atoms with Crippen molar-refractivity contribution < 1.29 is 0 Å². The van der Waals surface area contributed by atoms with Crippen molar-refractivity contribution in [2.75, 3.05) is 0 Å². The Labute approximate surface area is 789 Å². The first kappa shape index (κ1) is 80.6. The molecule has 136 heavy (non-hydrogen) atoms. The van der Waals surface area contributed by atoms with E-state index < -0.39 is 0 Å². The average Bonchev–Trinajstić information content (AvgIpc) is 1.57. The summed E-state index contributed by atoms with van der Waals surface area (Å²) in [6.45, 7) is 11.0. The second-order valence-electron chi connectivity index (χ2n) is 36.4. The third-order valence-corrected chi connectivity index (χ3v) is 27.6. The molecule has 0 fully saturated rings. The fraction of sp³-hybridized carbons (Fsp3) is 0.0469. The van der Waals surface area contributed by atoms with Gasteiger partial charge in [-0.1, -0.05) is 326 Å². The molecule has 0 spiro atoms. The molecule has 19 aromatic carbocycles. The van der Waals surface area contributed by atoms with E-state index in [1.54, 1.807) is 0 Å². The van der Waals surface area contributed by atoms with E-state index in [-0.39, 0.29) is 0 Å². The molecule has 25 rings (SSSR count). The Kier molecular flexibility index (Phi) is 19.6. The molecule has 0 N–H and O–H groups in total. The molecule has 0 saturated carbocycles. The second kappa shape index (κ2) is 33.1. The van der Waals surface area contributed by atoms with Gasteiger partial charge in [-0.25, -0.2) is 19.9 Å². The minimum atomic E-state index is 0.649. The Morgan fingerprint density at radius 3 is 0.956 bits per heavy atom. The fourth-order valence-corrected chi connectivity index (χ4v) is 21.3. The molecule has 0 saturated heterocycles. The Morgan fingerprint density at radius 2 is 0.507 bits per heavy atom. The maximum absolute atomic E-state index is 5.59. The van der Waals surface area contributed by atoms with Gasteiger partial charge < -0.3 is 18.3 Å². The molecule has 0 aliphatic rings. The molecule has 8 nitrogen and oxygen atoms in total. The highest BCUT2D eigenvalue weighted by molar-refractivity contribution is 6.15. The van der Waals surface area contributed by atoms with Crippen molar-refractivity contribution in [1.82, 2.24) is 38.2 Å². The van der Waals surface area contributed by atoms with E-state index in [2.05, 4.69) is 490 Å². The van der Waals surface area contributed by atoms with Gasteiger partial charge >= 0.3 is 0 Å². The second-order valence-corrected chi connectivity index (χ2v) is 36.4. The van der Waals surface area contributed by atoms with Crippen LogP contribution >= 0.6 is 0 Å². The summed E-state index contributed by atoms with van der Waals surface area (Å²) in [5.74, 6) is 1.32. The predicted octanol–water partition coefficient (Wildman–Crippen LogP) is 33.1. The molecule has 0 atom stereocenters. The molecule has 0 radical (unpaired) electrons. The van der Waals surface area contributed by atoms with Crippen LogP contribution in [0.15, 0.2) is 443 Å².